The highest BCUT2D eigenvalue weighted by atomic mass is 16.2. The molecule has 1 aromatic heterocycles. The van der Waals surface area contributed by atoms with E-state index in [0.717, 1.165) is 62.6 Å². The van der Waals surface area contributed by atoms with Gasteiger partial charge in [0.2, 0.25) is 5.91 Å². The molecule has 1 N–H and O–H groups in total. The van der Waals surface area contributed by atoms with Crippen LogP contribution in [0.1, 0.15) is 43.5 Å². The second-order valence-corrected chi connectivity index (χ2v) is 7.59. The first-order valence-corrected chi connectivity index (χ1v) is 9.57. The fourth-order valence-electron chi connectivity index (χ4n) is 3.96. The summed E-state index contributed by atoms with van der Waals surface area (Å²) >= 11 is 0. The number of anilines is 1. The Bertz CT molecular complexity index is 597. The van der Waals surface area contributed by atoms with Gasteiger partial charge in [0.05, 0.1) is 6.04 Å². The monoisotopic (exact) mass is 345 g/mol. The lowest BCUT2D eigenvalue weighted by Gasteiger charge is -2.35. The summed E-state index contributed by atoms with van der Waals surface area (Å²) in [7, 11) is 2.06. The summed E-state index contributed by atoms with van der Waals surface area (Å²) in [5.41, 5.74) is 1.14. The van der Waals surface area contributed by atoms with Gasteiger partial charge in [-0.2, -0.15) is 0 Å². The summed E-state index contributed by atoms with van der Waals surface area (Å²) in [5.74, 6) is 2.68. The lowest BCUT2D eigenvalue weighted by molar-refractivity contribution is -0.127. The minimum absolute atomic E-state index is 0.0699. The molecule has 2 aliphatic heterocycles. The van der Waals surface area contributed by atoms with Gasteiger partial charge >= 0.3 is 0 Å². The normalized spacial score (nSPS) is 22.8. The van der Waals surface area contributed by atoms with E-state index in [1.807, 2.05) is 13.1 Å². The number of amides is 1. The van der Waals surface area contributed by atoms with Crippen molar-refractivity contribution in [2.24, 2.45) is 5.92 Å². The van der Waals surface area contributed by atoms with Crippen LogP contribution in [-0.2, 0) is 4.79 Å². The maximum Gasteiger partial charge on any atom is 0.237 e. The summed E-state index contributed by atoms with van der Waals surface area (Å²) in [4.78, 5) is 25.9. The van der Waals surface area contributed by atoms with Crippen molar-refractivity contribution >= 4 is 11.7 Å². The molecule has 0 radical (unpaired) electrons. The van der Waals surface area contributed by atoms with Crippen LogP contribution in [0.4, 0.5) is 5.82 Å². The van der Waals surface area contributed by atoms with Gasteiger partial charge in [0.1, 0.15) is 11.6 Å². The fourth-order valence-corrected chi connectivity index (χ4v) is 3.96. The molecule has 0 aliphatic carbocycles. The van der Waals surface area contributed by atoms with Crippen LogP contribution in [0.3, 0.4) is 0 Å². The molecule has 3 rings (SSSR count). The van der Waals surface area contributed by atoms with Crippen molar-refractivity contribution in [3.8, 4) is 0 Å². The SMILES string of the molecule is Cc1ncc(C)c(N2CCC(CNC(=O)C3CCCCN3C)CC2)n1. The number of piperidine rings is 2. The molecule has 1 aromatic rings. The number of carbonyl (C=O) groups is 1. The molecule has 25 heavy (non-hydrogen) atoms. The van der Waals surface area contributed by atoms with Crippen molar-refractivity contribution in [1.29, 1.82) is 0 Å². The molecule has 0 spiro atoms. The number of likely N-dealkylation sites (tertiary alicyclic amines) is 1. The van der Waals surface area contributed by atoms with Crippen molar-refractivity contribution in [2.75, 3.05) is 38.1 Å². The zero-order chi connectivity index (χ0) is 17.8. The first-order chi connectivity index (χ1) is 12.0. The molecule has 2 fully saturated rings. The van der Waals surface area contributed by atoms with E-state index >= 15 is 0 Å². The third-order valence-corrected chi connectivity index (χ3v) is 5.62. The van der Waals surface area contributed by atoms with E-state index in [4.69, 9.17) is 0 Å². The second kappa shape index (κ2) is 8.13. The number of likely N-dealkylation sites (N-methyl/N-ethyl adjacent to an activating group) is 1. The van der Waals surface area contributed by atoms with E-state index in [2.05, 4.69) is 39.1 Å². The van der Waals surface area contributed by atoms with Gasteiger partial charge < -0.3 is 10.2 Å². The highest BCUT2D eigenvalue weighted by Crippen LogP contribution is 2.24. The highest BCUT2D eigenvalue weighted by Gasteiger charge is 2.27. The van der Waals surface area contributed by atoms with Crippen molar-refractivity contribution in [1.82, 2.24) is 20.2 Å². The van der Waals surface area contributed by atoms with Crippen molar-refractivity contribution < 1.29 is 4.79 Å². The van der Waals surface area contributed by atoms with E-state index in [9.17, 15) is 4.79 Å². The standard InChI is InChI=1S/C19H31N5O/c1-14-12-20-15(2)22-18(14)24-10-7-16(8-11-24)13-21-19(25)17-6-4-5-9-23(17)3/h12,16-17H,4-11,13H2,1-3H3,(H,21,25). The van der Waals surface area contributed by atoms with Crippen molar-refractivity contribution in [3.63, 3.8) is 0 Å². The molecule has 6 heteroatoms. The van der Waals surface area contributed by atoms with Crippen molar-refractivity contribution in [3.05, 3.63) is 17.6 Å². The van der Waals surface area contributed by atoms with Gasteiger partial charge in [-0.3, -0.25) is 9.69 Å². The molecule has 0 saturated carbocycles. The average molecular weight is 345 g/mol. The molecule has 6 nitrogen and oxygen atoms in total. The van der Waals surface area contributed by atoms with Gasteiger partial charge in [-0.1, -0.05) is 6.42 Å². The van der Waals surface area contributed by atoms with Crippen LogP contribution in [0.25, 0.3) is 0 Å². The van der Waals surface area contributed by atoms with Crippen molar-refractivity contribution in [2.45, 2.75) is 52.0 Å². The average Bonchev–Trinajstić information content (AvgIpc) is 2.62. The first-order valence-electron chi connectivity index (χ1n) is 9.57. The van der Waals surface area contributed by atoms with Crippen LogP contribution >= 0.6 is 0 Å². The van der Waals surface area contributed by atoms with E-state index in [-0.39, 0.29) is 11.9 Å². The molecule has 138 valence electrons. The minimum atomic E-state index is 0.0699. The maximum absolute atomic E-state index is 12.4. The number of nitrogens with zero attached hydrogens (tertiary/aromatic N) is 4. The van der Waals surface area contributed by atoms with Gasteiger partial charge in [0.15, 0.2) is 0 Å². The molecule has 3 heterocycles. The third-order valence-electron chi connectivity index (χ3n) is 5.62. The molecule has 1 atom stereocenters. The Hall–Kier alpha value is -1.69. The Morgan fingerprint density at radius 1 is 1.20 bits per heavy atom. The van der Waals surface area contributed by atoms with Crippen LogP contribution in [0.5, 0.6) is 0 Å². The number of hydrogen-bond acceptors (Lipinski definition) is 5. The van der Waals surface area contributed by atoms with Crippen LogP contribution in [-0.4, -0.2) is 60.0 Å². The van der Waals surface area contributed by atoms with E-state index in [1.165, 1.54) is 12.8 Å². The quantitative estimate of drug-likeness (QED) is 0.903. The maximum atomic E-state index is 12.4. The highest BCUT2D eigenvalue weighted by molar-refractivity contribution is 5.81. The lowest BCUT2D eigenvalue weighted by Crippen LogP contribution is -2.49. The number of hydrogen-bond donors (Lipinski definition) is 1. The van der Waals surface area contributed by atoms with Gasteiger partial charge in [-0.05, 0) is 59.0 Å². The first kappa shape index (κ1) is 18.1. The summed E-state index contributed by atoms with van der Waals surface area (Å²) < 4.78 is 0. The van der Waals surface area contributed by atoms with E-state index in [0.29, 0.717) is 5.92 Å². The largest absolute Gasteiger partial charge is 0.356 e. The number of rotatable bonds is 4. The Morgan fingerprint density at radius 2 is 1.96 bits per heavy atom. The zero-order valence-electron chi connectivity index (χ0n) is 15.8. The fraction of sp³-hybridized carbons (Fsp3) is 0.737. The lowest BCUT2D eigenvalue weighted by atomic mass is 9.96. The second-order valence-electron chi connectivity index (χ2n) is 7.59. The van der Waals surface area contributed by atoms with Gasteiger partial charge in [-0.15, -0.1) is 0 Å². The molecule has 1 unspecified atom stereocenters. The third kappa shape index (κ3) is 4.48. The van der Waals surface area contributed by atoms with E-state index < -0.39 is 0 Å². The van der Waals surface area contributed by atoms with Gasteiger partial charge in [0.25, 0.3) is 0 Å². The number of carbonyl (C=O) groups excluding carboxylic acids is 1. The minimum Gasteiger partial charge on any atom is -0.356 e. The number of aryl methyl sites for hydroxylation is 2. The molecule has 0 bridgehead atoms. The van der Waals surface area contributed by atoms with E-state index in [1.54, 1.807) is 0 Å². The van der Waals surface area contributed by atoms with Gasteiger partial charge in [0, 0.05) is 31.4 Å². The van der Waals surface area contributed by atoms with Crippen LogP contribution < -0.4 is 10.2 Å². The number of nitrogens with one attached hydrogen (secondary N) is 1. The Labute approximate surface area is 151 Å². The zero-order valence-corrected chi connectivity index (χ0v) is 15.8. The summed E-state index contributed by atoms with van der Waals surface area (Å²) in [6.45, 7) is 7.85. The molecular formula is C19H31N5O. The Kier molecular flexibility index (Phi) is 5.89. The summed E-state index contributed by atoms with van der Waals surface area (Å²) in [5, 5.41) is 3.20. The molecule has 2 aliphatic rings. The predicted molar refractivity (Wildman–Crippen MR) is 99.7 cm³/mol. The molecular weight excluding hydrogens is 314 g/mol. The molecule has 0 aromatic carbocycles. The number of aromatic nitrogens is 2. The van der Waals surface area contributed by atoms with Crippen LogP contribution in [0.2, 0.25) is 0 Å². The molecule has 1 amide bonds. The Morgan fingerprint density at radius 3 is 2.68 bits per heavy atom. The Balaban J connectivity index is 1.46. The molecule has 2 saturated heterocycles. The summed E-state index contributed by atoms with van der Waals surface area (Å²) in [6.07, 6.45) is 7.48. The van der Waals surface area contributed by atoms with Crippen LogP contribution in [0.15, 0.2) is 6.20 Å². The topological polar surface area (TPSA) is 61.4 Å². The summed E-state index contributed by atoms with van der Waals surface area (Å²) in [6, 6.07) is 0.0699. The smallest absolute Gasteiger partial charge is 0.237 e. The van der Waals surface area contributed by atoms with Crippen LogP contribution in [0, 0.1) is 19.8 Å². The van der Waals surface area contributed by atoms with Gasteiger partial charge in [-0.25, -0.2) is 9.97 Å². The predicted octanol–water partition coefficient (Wildman–Crippen LogP) is 1.91.